The Labute approximate surface area is 90.3 Å². The van der Waals surface area contributed by atoms with E-state index < -0.39 is 0 Å². The molecule has 1 aliphatic rings. The number of Topliss-reactive ketones (excluding diaryl/α,β-unsaturated/α-hetero) is 1. The Hall–Kier alpha value is -1.31. The Morgan fingerprint density at radius 3 is 3.13 bits per heavy atom. The van der Waals surface area contributed by atoms with E-state index in [-0.39, 0.29) is 0 Å². The van der Waals surface area contributed by atoms with E-state index in [2.05, 4.69) is 12.1 Å². The number of hydrogen-bond acceptors (Lipinski definition) is 2. The summed E-state index contributed by atoms with van der Waals surface area (Å²) >= 11 is 0. The van der Waals surface area contributed by atoms with Gasteiger partial charge in [0.25, 0.3) is 0 Å². The standard InChI is InChI=1S/C13H16O2/c1-2-12(14)5-3-10-4-6-13-11(9-10)7-8-15-13/h4,6,9H,2-3,5,7-8H2,1H3. The lowest BCUT2D eigenvalue weighted by atomic mass is 10.0. The van der Waals surface area contributed by atoms with Crippen molar-refractivity contribution in [2.75, 3.05) is 6.61 Å². The maximum Gasteiger partial charge on any atom is 0.132 e. The highest BCUT2D eigenvalue weighted by Gasteiger charge is 2.12. The van der Waals surface area contributed by atoms with E-state index in [0.717, 1.165) is 25.2 Å². The molecular formula is C13H16O2. The lowest BCUT2D eigenvalue weighted by molar-refractivity contribution is -0.118. The van der Waals surface area contributed by atoms with E-state index in [0.29, 0.717) is 18.6 Å². The van der Waals surface area contributed by atoms with Gasteiger partial charge in [0.2, 0.25) is 0 Å². The van der Waals surface area contributed by atoms with Gasteiger partial charge in [-0.2, -0.15) is 0 Å². The van der Waals surface area contributed by atoms with Gasteiger partial charge in [-0.15, -0.1) is 0 Å². The van der Waals surface area contributed by atoms with Gasteiger partial charge in [0.05, 0.1) is 6.61 Å². The molecule has 0 saturated heterocycles. The smallest absolute Gasteiger partial charge is 0.132 e. The monoisotopic (exact) mass is 204 g/mol. The summed E-state index contributed by atoms with van der Waals surface area (Å²) in [7, 11) is 0. The van der Waals surface area contributed by atoms with Crippen LogP contribution in [-0.4, -0.2) is 12.4 Å². The lowest BCUT2D eigenvalue weighted by Crippen LogP contribution is -1.97. The van der Waals surface area contributed by atoms with Gasteiger partial charge >= 0.3 is 0 Å². The average Bonchev–Trinajstić information content (AvgIpc) is 2.72. The molecule has 0 unspecified atom stereocenters. The van der Waals surface area contributed by atoms with Crippen LogP contribution >= 0.6 is 0 Å². The van der Waals surface area contributed by atoms with Crippen LogP contribution in [0.15, 0.2) is 18.2 Å². The molecule has 0 spiro atoms. The number of carbonyl (C=O) groups excluding carboxylic acids is 1. The summed E-state index contributed by atoms with van der Waals surface area (Å²) < 4.78 is 5.43. The number of hydrogen-bond donors (Lipinski definition) is 0. The van der Waals surface area contributed by atoms with Gasteiger partial charge in [-0.05, 0) is 23.6 Å². The number of benzene rings is 1. The molecule has 0 N–H and O–H groups in total. The van der Waals surface area contributed by atoms with Crippen molar-refractivity contribution in [2.45, 2.75) is 32.6 Å². The van der Waals surface area contributed by atoms with Gasteiger partial charge in [0.1, 0.15) is 11.5 Å². The predicted octanol–water partition coefficient (Wildman–Crippen LogP) is 2.53. The average molecular weight is 204 g/mol. The van der Waals surface area contributed by atoms with Crippen LogP contribution in [0.25, 0.3) is 0 Å². The topological polar surface area (TPSA) is 26.3 Å². The van der Waals surface area contributed by atoms with Gasteiger partial charge < -0.3 is 4.74 Å². The summed E-state index contributed by atoms with van der Waals surface area (Å²) in [5.41, 5.74) is 2.54. The molecular weight excluding hydrogens is 188 g/mol. The second-order valence-electron chi connectivity index (χ2n) is 3.93. The lowest BCUT2D eigenvalue weighted by Gasteiger charge is -2.03. The number of ketones is 1. The molecule has 2 heteroatoms. The fourth-order valence-corrected chi connectivity index (χ4v) is 1.86. The maximum absolute atomic E-state index is 11.2. The molecule has 0 bridgehead atoms. The first-order chi connectivity index (χ1) is 7.29. The molecule has 80 valence electrons. The minimum atomic E-state index is 0.340. The number of fused-ring (bicyclic) bond motifs is 1. The Kier molecular flexibility index (Phi) is 3.05. The van der Waals surface area contributed by atoms with Crippen LogP contribution in [0.3, 0.4) is 0 Å². The summed E-state index contributed by atoms with van der Waals surface area (Å²) in [4.78, 5) is 11.2. The zero-order valence-corrected chi connectivity index (χ0v) is 9.08. The third-order valence-electron chi connectivity index (χ3n) is 2.84. The minimum absolute atomic E-state index is 0.340. The minimum Gasteiger partial charge on any atom is -0.493 e. The second kappa shape index (κ2) is 4.47. The molecule has 0 amide bonds. The summed E-state index contributed by atoms with van der Waals surface area (Å²) in [5, 5.41) is 0. The van der Waals surface area contributed by atoms with Crippen molar-refractivity contribution in [3.05, 3.63) is 29.3 Å². The molecule has 0 radical (unpaired) electrons. The number of rotatable bonds is 4. The molecule has 2 rings (SSSR count). The molecule has 1 aromatic rings. The van der Waals surface area contributed by atoms with E-state index in [1.807, 2.05) is 13.0 Å². The molecule has 1 aliphatic heterocycles. The van der Waals surface area contributed by atoms with Crippen LogP contribution in [0.4, 0.5) is 0 Å². The number of ether oxygens (including phenoxy) is 1. The summed E-state index contributed by atoms with van der Waals surface area (Å²) in [5.74, 6) is 1.35. The fourth-order valence-electron chi connectivity index (χ4n) is 1.86. The Bertz CT molecular complexity index is 369. The summed E-state index contributed by atoms with van der Waals surface area (Å²) in [6.07, 6.45) is 3.18. The van der Waals surface area contributed by atoms with Crippen molar-refractivity contribution in [1.29, 1.82) is 0 Å². The quantitative estimate of drug-likeness (QED) is 0.753. The Balaban J connectivity index is 2.01. The zero-order valence-electron chi connectivity index (χ0n) is 9.08. The van der Waals surface area contributed by atoms with Crippen LogP contribution in [0.5, 0.6) is 5.75 Å². The molecule has 0 aliphatic carbocycles. The molecule has 1 heterocycles. The van der Waals surface area contributed by atoms with Crippen molar-refractivity contribution in [3.63, 3.8) is 0 Å². The molecule has 2 nitrogen and oxygen atoms in total. The van der Waals surface area contributed by atoms with Crippen molar-refractivity contribution in [1.82, 2.24) is 0 Å². The molecule has 0 fully saturated rings. The van der Waals surface area contributed by atoms with Crippen LogP contribution in [0, 0.1) is 0 Å². The highest BCUT2D eigenvalue weighted by molar-refractivity contribution is 5.78. The Morgan fingerprint density at radius 2 is 2.33 bits per heavy atom. The second-order valence-corrected chi connectivity index (χ2v) is 3.93. The van der Waals surface area contributed by atoms with Crippen LogP contribution in [-0.2, 0) is 17.6 Å². The summed E-state index contributed by atoms with van der Waals surface area (Å²) in [6, 6.07) is 6.26. The molecule has 0 aromatic heterocycles. The van der Waals surface area contributed by atoms with Crippen molar-refractivity contribution in [3.8, 4) is 5.75 Å². The molecule has 15 heavy (non-hydrogen) atoms. The van der Waals surface area contributed by atoms with Crippen LogP contribution in [0.2, 0.25) is 0 Å². The van der Waals surface area contributed by atoms with Crippen molar-refractivity contribution < 1.29 is 9.53 Å². The van der Waals surface area contributed by atoms with Gasteiger partial charge in [0.15, 0.2) is 0 Å². The Morgan fingerprint density at radius 1 is 1.47 bits per heavy atom. The van der Waals surface area contributed by atoms with Gasteiger partial charge in [0, 0.05) is 19.3 Å². The highest BCUT2D eigenvalue weighted by Crippen LogP contribution is 2.26. The van der Waals surface area contributed by atoms with Crippen LogP contribution in [0.1, 0.15) is 30.9 Å². The predicted molar refractivity (Wildman–Crippen MR) is 59.3 cm³/mol. The van der Waals surface area contributed by atoms with E-state index in [1.54, 1.807) is 0 Å². The largest absolute Gasteiger partial charge is 0.493 e. The van der Waals surface area contributed by atoms with Crippen molar-refractivity contribution >= 4 is 5.78 Å². The maximum atomic E-state index is 11.2. The first-order valence-electron chi connectivity index (χ1n) is 5.56. The van der Waals surface area contributed by atoms with Gasteiger partial charge in [-0.3, -0.25) is 4.79 Å². The summed E-state index contributed by atoms with van der Waals surface area (Å²) in [6.45, 7) is 2.71. The third kappa shape index (κ3) is 2.38. The normalized spacial score (nSPS) is 13.4. The fraction of sp³-hybridized carbons (Fsp3) is 0.462. The molecule has 0 atom stereocenters. The van der Waals surface area contributed by atoms with Gasteiger partial charge in [-0.1, -0.05) is 19.1 Å². The highest BCUT2D eigenvalue weighted by atomic mass is 16.5. The van der Waals surface area contributed by atoms with Crippen molar-refractivity contribution in [2.24, 2.45) is 0 Å². The SMILES string of the molecule is CCC(=O)CCc1ccc2c(c1)CCO2. The number of carbonyl (C=O) groups is 1. The molecule has 0 saturated carbocycles. The first kappa shape index (κ1) is 10.2. The third-order valence-corrected chi connectivity index (χ3v) is 2.84. The van der Waals surface area contributed by atoms with Gasteiger partial charge in [-0.25, -0.2) is 0 Å². The van der Waals surface area contributed by atoms with Crippen LogP contribution < -0.4 is 4.74 Å². The molecule has 1 aromatic carbocycles. The number of aryl methyl sites for hydroxylation is 1. The first-order valence-corrected chi connectivity index (χ1v) is 5.56. The van der Waals surface area contributed by atoms with E-state index >= 15 is 0 Å². The van der Waals surface area contributed by atoms with E-state index in [9.17, 15) is 4.79 Å². The zero-order chi connectivity index (χ0) is 10.7. The van der Waals surface area contributed by atoms with E-state index in [4.69, 9.17) is 4.74 Å². The van der Waals surface area contributed by atoms with E-state index in [1.165, 1.54) is 11.1 Å².